The van der Waals surface area contributed by atoms with Gasteiger partial charge in [-0.15, -0.1) is 0 Å². The second-order valence-corrected chi connectivity index (χ2v) is 6.40. The molecule has 0 spiro atoms. The molecule has 0 bridgehead atoms. The summed E-state index contributed by atoms with van der Waals surface area (Å²) in [5.41, 5.74) is 1.16. The summed E-state index contributed by atoms with van der Waals surface area (Å²) in [5.74, 6) is 1.09. The standard InChI is InChI=1S/C17H13BrClN3O2/c1-10-21-15-5-4-12(18)8-13(15)17(23)22(10)20-9-11-3-6-16(24-2)14(19)7-11/h3-9H,1-2H3. The second kappa shape index (κ2) is 6.75. The van der Waals surface area contributed by atoms with Crippen LogP contribution < -0.4 is 10.3 Å². The van der Waals surface area contributed by atoms with Crippen LogP contribution in [0.5, 0.6) is 5.75 Å². The van der Waals surface area contributed by atoms with Gasteiger partial charge in [-0.05, 0) is 48.9 Å². The van der Waals surface area contributed by atoms with Crippen LogP contribution in [0, 0.1) is 6.92 Å². The molecule has 0 aliphatic heterocycles. The molecule has 3 rings (SSSR count). The maximum atomic E-state index is 12.6. The molecule has 1 heterocycles. The summed E-state index contributed by atoms with van der Waals surface area (Å²) in [5, 5.41) is 5.23. The van der Waals surface area contributed by atoms with Gasteiger partial charge in [-0.2, -0.15) is 9.78 Å². The monoisotopic (exact) mass is 405 g/mol. The first kappa shape index (κ1) is 16.7. The number of aromatic nitrogens is 2. The van der Waals surface area contributed by atoms with Gasteiger partial charge in [0, 0.05) is 4.47 Å². The van der Waals surface area contributed by atoms with Crippen LogP contribution in [0.4, 0.5) is 0 Å². The van der Waals surface area contributed by atoms with E-state index >= 15 is 0 Å². The molecule has 0 N–H and O–H groups in total. The number of nitrogens with zero attached hydrogens (tertiary/aromatic N) is 3. The van der Waals surface area contributed by atoms with Crippen molar-refractivity contribution < 1.29 is 4.74 Å². The third-order valence-electron chi connectivity index (χ3n) is 3.47. The maximum Gasteiger partial charge on any atom is 0.282 e. The van der Waals surface area contributed by atoms with E-state index in [0.29, 0.717) is 27.5 Å². The fraction of sp³-hybridized carbons (Fsp3) is 0.118. The lowest BCUT2D eigenvalue weighted by Gasteiger charge is -2.06. The largest absolute Gasteiger partial charge is 0.495 e. The number of benzene rings is 2. The summed E-state index contributed by atoms with van der Waals surface area (Å²) in [6.45, 7) is 1.74. The van der Waals surface area contributed by atoms with Gasteiger partial charge >= 0.3 is 0 Å². The van der Waals surface area contributed by atoms with Crippen molar-refractivity contribution in [3.05, 3.63) is 67.6 Å². The lowest BCUT2D eigenvalue weighted by Crippen LogP contribution is -2.20. The molecule has 2 aromatic carbocycles. The van der Waals surface area contributed by atoms with E-state index in [1.807, 2.05) is 6.07 Å². The summed E-state index contributed by atoms with van der Waals surface area (Å²) < 4.78 is 7.20. The smallest absolute Gasteiger partial charge is 0.282 e. The van der Waals surface area contributed by atoms with Gasteiger partial charge in [0.05, 0.1) is 29.2 Å². The third kappa shape index (κ3) is 3.20. The van der Waals surface area contributed by atoms with Gasteiger partial charge in [0.15, 0.2) is 0 Å². The first-order valence-corrected chi connectivity index (χ1v) is 8.23. The molecular formula is C17H13BrClN3O2. The molecule has 5 nitrogen and oxygen atoms in total. The van der Waals surface area contributed by atoms with Crippen LogP contribution in [0.3, 0.4) is 0 Å². The Morgan fingerprint density at radius 1 is 1.29 bits per heavy atom. The zero-order valence-electron chi connectivity index (χ0n) is 13.0. The van der Waals surface area contributed by atoms with Crippen molar-refractivity contribution in [1.29, 1.82) is 0 Å². The van der Waals surface area contributed by atoms with Crippen LogP contribution in [-0.2, 0) is 0 Å². The van der Waals surface area contributed by atoms with Gasteiger partial charge < -0.3 is 4.74 Å². The highest BCUT2D eigenvalue weighted by Gasteiger charge is 2.08. The Bertz CT molecular complexity index is 1010. The Morgan fingerprint density at radius 3 is 2.79 bits per heavy atom. The van der Waals surface area contributed by atoms with E-state index < -0.39 is 0 Å². The Kier molecular flexibility index (Phi) is 4.69. The number of fused-ring (bicyclic) bond motifs is 1. The molecule has 3 aromatic rings. The van der Waals surface area contributed by atoms with Gasteiger partial charge in [0.2, 0.25) is 0 Å². The van der Waals surface area contributed by atoms with E-state index in [-0.39, 0.29) is 5.56 Å². The third-order valence-corrected chi connectivity index (χ3v) is 4.26. The van der Waals surface area contributed by atoms with E-state index in [4.69, 9.17) is 16.3 Å². The lowest BCUT2D eigenvalue weighted by atomic mass is 10.2. The van der Waals surface area contributed by atoms with E-state index in [0.717, 1.165) is 10.0 Å². The number of hydrogen-bond donors (Lipinski definition) is 0. The minimum Gasteiger partial charge on any atom is -0.495 e. The molecule has 122 valence electrons. The first-order chi connectivity index (χ1) is 11.5. The molecule has 0 saturated carbocycles. The summed E-state index contributed by atoms with van der Waals surface area (Å²) in [6, 6.07) is 10.6. The zero-order chi connectivity index (χ0) is 17.3. The van der Waals surface area contributed by atoms with E-state index in [1.165, 1.54) is 4.68 Å². The number of rotatable bonds is 3. The summed E-state index contributed by atoms with van der Waals surface area (Å²) in [4.78, 5) is 17.0. The van der Waals surface area contributed by atoms with Gasteiger partial charge in [-0.3, -0.25) is 4.79 Å². The van der Waals surface area contributed by atoms with E-state index in [2.05, 4.69) is 26.0 Å². The quantitative estimate of drug-likeness (QED) is 0.618. The van der Waals surface area contributed by atoms with Crippen molar-refractivity contribution in [3.8, 4) is 5.75 Å². The van der Waals surface area contributed by atoms with Gasteiger partial charge in [0.1, 0.15) is 11.6 Å². The number of ether oxygens (including phenoxy) is 1. The topological polar surface area (TPSA) is 56.5 Å². The SMILES string of the molecule is COc1ccc(C=Nn2c(C)nc3ccc(Br)cc3c2=O)cc1Cl. The fourth-order valence-electron chi connectivity index (χ4n) is 2.28. The van der Waals surface area contributed by atoms with Gasteiger partial charge in [-0.25, -0.2) is 4.98 Å². The highest BCUT2D eigenvalue weighted by atomic mass is 79.9. The number of halogens is 2. The van der Waals surface area contributed by atoms with Crippen molar-refractivity contribution in [2.24, 2.45) is 5.10 Å². The maximum absolute atomic E-state index is 12.6. The van der Waals surface area contributed by atoms with Crippen LogP contribution in [0.15, 0.2) is 50.8 Å². The molecule has 0 aliphatic rings. The molecule has 0 radical (unpaired) electrons. The normalized spacial score (nSPS) is 11.3. The van der Waals surface area contributed by atoms with Crippen LogP contribution in [0.1, 0.15) is 11.4 Å². The molecule has 0 aliphatic carbocycles. The van der Waals surface area contributed by atoms with Crippen molar-refractivity contribution >= 4 is 44.6 Å². The van der Waals surface area contributed by atoms with Crippen molar-refractivity contribution in [2.45, 2.75) is 6.92 Å². The predicted molar refractivity (Wildman–Crippen MR) is 99.4 cm³/mol. The number of hydrogen-bond acceptors (Lipinski definition) is 4. The lowest BCUT2D eigenvalue weighted by molar-refractivity contribution is 0.415. The Hall–Kier alpha value is -2.18. The molecule has 0 saturated heterocycles. The minimum atomic E-state index is -0.227. The molecular weight excluding hydrogens is 394 g/mol. The van der Waals surface area contributed by atoms with Crippen molar-refractivity contribution in [2.75, 3.05) is 7.11 Å². The highest BCUT2D eigenvalue weighted by molar-refractivity contribution is 9.10. The molecule has 0 amide bonds. The van der Waals surface area contributed by atoms with Crippen LogP contribution >= 0.6 is 27.5 Å². The average Bonchev–Trinajstić information content (AvgIpc) is 2.55. The van der Waals surface area contributed by atoms with Crippen molar-refractivity contribution in [3.63, 3.8) is 0 Å². The molecule has 0 fully saturated rings. The van der Waals surface area contributed by atoms with E-state index in [9.17, 15) is 4.79 Å². The van der Waals surface area contributed by atoms with Gasteiger partial charge in [-0.1, -0.05) is 27.5 Å². The van der Waals surface area contributed by atoms with Crippen LogP contribution in [0.25, 0.3) is 10.9 Å². The predicted octanol–water partition coefficient (Wildman–Crippen LogP) is 4.01. The molecule has 24 heavy (non-hydrogen) atoms. The molecule has 0 unspecified atom stereocenters. The Morgan fingerprint density at radius 2 is 2.08 bits per heavy atom. The molecule has 1 aromatic heterocycles. The first-order valence-electron chi connectivity index (χ1n) is 7.06. The highest BCUT2D eigenvalue weighted by Crippen LogP contribution is 2.24. The molecule has 0 atom stereocenters. The Balaban J connectivity index is 2.06. The average molecular weight is 407 g/mol. The summed E-state index contributed by atoms with van der Waals surface area (Å²) >= 11 is 9.46. The zero-order valence-corrected chi connectivity index (χ0v) is 15.3. The van der Waals surface area contributed by atoms with Crippen LogP contribution in [-0.4, -0.2) is 23.0 Å². The fourth-order valence-corrected chi connectivity index (χ4v) is 2.91. The summed E-state index contributed by atoms with van der Waals surface area (Å²) in [7, 11) is 1.55. The van der Waals surface area contributed by atoms with E-state index in [1.54, 1.807) is 50.6 Å². The molecule has 7 heteroatoms. The van der Waals surface area contributed by atoms with Gasteiger partial charge in [0.25, 0.3) is 5.56 Å². The van der Waals surface area contributed by atoms with Crippen LogP contribution in [0.2, 0.25) is 5.02 Å². The van der Waals surface area contributed by atoms with Crippen molar-refractivity contribution in [1.82, 2.24) is 9.66 Å². The number of aryl methyl sites for hydroxylation is 1. The summed E-state index contributed by atoms with van der Waals surface area (Å²) in [6.07, 6.45) is 1.56. The second-order valence-electron chi connectivity index (χ2n) is 5.08. The Labute approximate surface area is 151 Å². The minimum absolute atomic E-state index is 0.227. The number of methoxy groups -OCH3 is 1.